The summed E-state index contributed by atoms with van der Waals surface area (Å²) in [6.07, 6.45) is 0. The molecule has 2 aromatic carbocycles. The monoisotopic (exact) mass is 289 g/mol. The summed E-state index contributed by atoms with van der Waals surface area (Å²) < 4.78 is 24.1. The van der Waals surface area contributed by atoms with E-state index < -0.39 is 0 Å². The van der Waals surface area contributed by atoms with E-state index in [1.54, 1.807) is 12.1 Å². The van der Waals surface area contributed by atoms with Crippen molar-refractivity contribution < 1.29 is 13.9 Å². The van der Waals surface area contributed by atoms with Crippen molar-refractivity contribution in [2.24, 2.45) is 5.73 Å². The number of hydrogen-bond donors (Lipinski definition) is 1. The summed E-state index contributed by atoms with van der Waals surface area (Å²) in [7, 11) is 0. The van der Waals surface area contributed by atoms with Crippen LogP contribution in [0.1, 0.15) is 31.0 Å². The van der Waals surface area contributed by atoms with Crippen LogP contribution < -0.4 is 15.2 Å². The first-order valence-electron chi connectivity index (χ1n) is 6.99. The lowest BCUT2D eigenvalue weighted by Crippen LogP contribution is -2.07. The highest BCUT2D eigenvalue weighted by atomic mass is 19.1. The van der Waals surface area contributed by atoms with E-state index in [0.29, 0.717) is 19.0 Å². The molecule has 0 spiro atoms. The second-order valence-electron chi connectivity index (χ2n) is 4.83. The largest absolute Gasteiger partial charge is 0.493 e. The maximum Gasteiger partial charge on any atom is 0.125 e. The van der Waals surface area contributed by atoms with Gasteiger partial charge < -0.3 is 15.2 Å². The number of benzene rings is 2. The van der Waals surface area contributed by atoms with Gasteiger partial charge in [-0.15, -0.1) is 0 Å². The third-order valence-corrected chi connectivity index (χ3v) is 3.12. The molecule has 1 atom stereocenters. The topological polar surface area (TPSA) is 44.5 Å². The molecule has 0 aliphatic carbocycles. The Morgan fingerprint density at radius 3 is 2.43 bits per heavy atom. The summed E-state index contributed by atoms with van der Waals surface area (Å²) in [6.45, 7) is 4.80. The maximum absolute atomic E-state index is 12.9. The van der Waals surface area contributed by atoms with Crippen molar-refractivity contribution in [3.8, 4) is 11.5 Å². The second-order valence-corrected chi connectivity index (χ2v) is 4.83. The SMILES string of the molecule is CCOc1ccc(C(C)N)cc1COc1ccc(F)cc1. The highest BCUT2D eigenvalue weighted by Gasteiger charge is 2.08. The van der Waals surface area contributed by atoms with Crippen molar-refractivity contribution in [2.45, 2.75) is 26.5 Å². The standard InChI is InChI=1S/C17H20FNO2/c1-3-20-17-9-4-13(12(2)19)10-14(17)11-21-16-7-5-15(18)6-8-16/h4-10,12H,3,11,19H2,1-2H3. The smallest absolute Gasteiger partial charge is 0.125 e. The molecule has 0 heterocycles. The van der Waals surface area contributed by atoms with Crippen LogP contribution in [0.5, 0.6) is 11.5 Å². The lowest BCUT2D eigenvalue weighted by Gasteiger charge is -2.14. The minimum absolute atomic E-state index is 0.0507. The molecule has 0 amide bonds. The van der Waals surface area contributed by atoms with Gasteiger partial charge in [0.05, 0.1) is 6.61 Å². The van der Waals surface area contributed by atoms with Crippen LogP contribution in [0, 0.1) is 5.82 Å². The van der Waals surface area contributed by atoms with Gasteiger partial charge in [0, 0.05) is 11.6 Å². The Morgan fingerprint density at radius 1 is 1.10 bits per heavy atom. The zero-order chi connectivity index (χ0) is 15.2. The summed E-state index contributed by atoms with van der Waals surface area (Å²) in [4.78, 5) is 0. The van der Waals surface area contributed by atoms with E-state index >= 15 is 0 Å². The first kappa shape index (κ1) is 15.3. The average Bonchev–Trinajstić information content (AvgIpc) is 2.48. The highest BCUT2D eigenvalue weighted by Crippen LogP contribution is 2.24. The molecule has 112 valence electrons. The van der Waals surface area contributed by atoms with Crippen LogP contribution in [-0.2, 0) is 6.61 Å². The van der Waals surface area contributed by atoms with Crippen LogP contribution in [0.2, 0.25) is 0 Å². The lowest BCUT2D eigenvalue weighted by atomic mass is 10.1. The van der Waals surface area contributed by atoms with E-state index in [4.69, 9.17) is 15.2 Å². The predicted octanol–water partition coefficient (Wildman–Crippen LogP) is 3.82. The first-order valence-corrected chi connectivity index (χ1v) is 6.99. The first-order chi connectivity index (χ1) is 10.1. The second kappa shape index (κ2) is 7.09. The number of ether oxygens (including phenoxy) is 2. The number of halogens is 1. The Balaban J connectivity index is 2.16. The number of nitrogens with two attached hydrogens (primary N) is 1. The molecule has 4 heteroatoms. The van der Waals surface area contributed by atoms with Crippen molar-refractivity contribution in [3.05, 3.63) is 59.4 Å². The zero-order valence-corrected chi connectivity index (χ0v) is 12.3. The van der Waals surface area contributed by atoms with Crippen molar-refractivity contribution >= 4 is 0 Å². The average molecular weight is 289 g/mol. The van der Waals surface area contributed by atoms with Gasteiger partial charge in [0.2, 0.25) is 0 Å². The Kier molecular flexibility index (Phi) is 5.17. The van der Waals surface area contributed by atoms with Crippen molar-refractivity contribution in [1.29, 1.82) is 0 Å². The molecule has 2 rings (SSSR count). The summed E-state index contributed by atoms with van der Waals surface area (Å²) in [5.41, 5.74) is 7.86. The summed E-state index contributed by atoms with van der Waals surface area (Å²) >= 11 is 0. The minimum atomic E-state index is -0.281. The van der Waals surface area contributed by atoms with Crippen LogP contribution in [0.4, 0.5) is 4.39 Å². The van der Waals surface area contributed by atoms with Gasteiger partial charge in [-0.05, 0) is 55.8 Å². The van der Waals surface area contributed by atoms with Gasteiger partial charge in [-0.2, -0.15) is 0 Å². The molecule has 3 nitrogen and oxygen atoms in total. The molecule has 0 aliphatic rings. The molecule has 21 heavy (non-hydrogen) atoms. The maximum atomic E-state index is 12.9. The van der Waals surface area contributed by atoms with Crippen molar-refractivity contribution in [3.63, 3.8) is 0 Å². The predicted molar refractivity (Wildman–Crippen MR) is 80.9 cm³/mol. The van der Waals surface area contributed by atoms with E-state index in [0.717, 1.165) is 16.9 Å². The molecule has 0 fully saturated rings. The fourth-order valence-electron chi connectivity index (χ4n) is 1.98. The Labute approximate surface area is 124 Å². The fraction of sp³-hybridized carbons (Fsp3) is 0.294. The third-order valence-electron chi connectivity index (χ3n) is 3.12. The van der Waals surface area contributed by atoms with Crippen LogP contribution in [-0.4, -0.2) is 6.61 Å². The van der Waals surface area contributed by atoms with E-state index in [9.17, 15) is 4.39 Å². The highest BCUT2D eigenvalue weighted by molar-refractivity contribution is 5.38. The normalized spacial score (nSPS) is 12.0. The van der Waals surface area contributed by atoms with E-state index in [-0.39, 0.29) is 11.9 Å². The molecule has 1 unspecified atom stereocenters. The molecule has 2 N–H and O–H groups in total. The van der Waals surface area contributed by atoms with Crippen LogP contribution >= 0.6 is 0 Å². The van der Waals surface area contributed by atoms with Crippen molar-refractivity contribution in [2.75, 3.05) is 6.61 Å². The zero-order valence-electron chi connectivity index (χ0n) is 12.3. The Morgan fingerprint density at radius 2 is 1.81 bits per heavy atom. The van der Waals surface area contributed by atoms with E-state index in [2.05, 4.69) is 0 Å². The molecular formula is C17H20FNO2. The van der Waals surface area contributed by atoms with Crippen molar-refractivity contribution in [1.82, 2.24) is 0 Å². The van der Waals surface area contributed by atoms with Gasteiger partial charge in [0.25, 0.3) is 0 Å². The van der Waals surface area contributed by atoms with Gasteiger partial charge in [-0.1, -0.05) is 6.07 Å². The molecule has 0 aromatic heterocycles. The molecule has 0 aliphatic heterocycles. The molecule has 0 bridgehead atoms. The number of rotatable bonds is 6. The summed E-state index contributed by atoms with van der Waals surface area (Å²) in [5.74, 6) is 1.12. The minimum Gasteiger partial charge on any atom is -0.493 e. The molecule has 0 saturated heterocycles. The lowest BCUT2D eigenvalue weighted by molar-refractivity contribution is 0.286. The quantitative estimate of drug-likeness (QED) is 0.879. The van der Waals surface area contributed by atoms with Gasteiger partial charge in [-0.3, -0.25) is 0 Å². The van der Waals surface area contributed by atoms with Gasteiger partial charge in [0.15, 0.2) is 0 Å². The van der Waals surface area contributed by atoms with E-state index in [1.807, 2.05) is 32.0 Å². The fourth-order valence-corrected chi connectivity index (χ4v) is 1.98. The van der Waals surface area contributed by atoms with Gasteiger partial charge in [-0.25, -0.2) is 4.39 Å². The van der Waals surface area contributed by atoms with Crippen LogP contribution in [0.25, 0.3) is 0 Å². The molecule has 2 aromatic rings. The van der Waals surface area contributed by atoms with Gasteiger partial charge >= 0.3 is 0 Å². The number of hydrogen-bond acceptors (Lipinski definition) is 3. The molecule has 0 saturated carbocycles. The molecular weight excluding hydrogens is 269 g/mol. The molecule has 0 radical (unpaired) electrons. The van der Waals surface area contributed by atoms with Gasteiger partial charge in [0.1, 0.15) is 23.9 Å². The Bertz CT molecular complexity index is 582. The van der Waals surface area contributed by atoms with Crippen LogP contribution in [0.3, 0.4) is 0 Å². The third kappa shape index (κ3) is 4.20. The summed E-state index contributed by atoms with van der Waals surface area (Å²) in [5, 5.41) is 0. The Hall–Kier alpha value is -2.07. The van der Waals surface area contributed by atoms with E-state index in [1.165, 1.54) is 12.1 Å². The van der Waals surface area contributed by atoms with Crippen LogP contribution in [0.15, 0.2) is 42.5 Å². The summed E-state index contributed by atoms with van der Waals surface area (Å²) in [6, 6.07) is 11.7.